The van der Waals surface area contributed by atoms with Crippen molar-refractivity contribution in [3.05, 3.63) is 70.9 Å². The third kappa shape index (κ3) is 3.40. The maximum atomic E-state index is 13.7. The maximum absolute atomic E-state index is 13.7. The average Bonchev–Trinajstić information content (AvgIpc) is 2.98. The lowest BCUT2D eigenvalue weighted by molar-refractivity contribution is 0.102. The fourth-order valence-corrected chi connectivity index (χ4v) is 2.65. The molecule has 1 aromatic heterocycles. The Morgan fingerprint density at radius 3 is 2.61 bits per heavy atom. The first-order valence-corrected chi connectivity index (χ1v) is 7.39. The van der Waals surface area contributed by atoms with Crippen LogP contribution in [0.15, 0.2) is 47.8 Å². The predicted molar refractivity (Wildman–Crippen MR) is 81.8 cm³/mol. The van der Waals surface area contributed by atoms with Gasteiger partial charge >= 0.3 is 0 Å². The van der Waals surface area contributed by atoms with E-state index in [1.165, 1.54) is 23.6 Å². The zero-order chi connectivity index (χ0) is 16.4. The molecule has 0 radical (unpaired) electrons. The van der Waals surface area contributed by atoms with E-state index >= 15 is 0 Å². The molecule has 1 heterocycles. The molecule has 116 valence electrons. The Hall–Kier alpha value is -2.67. The first-order chi connectivity index (χ1) is 11.0. The zero-order valence-electron chi connectivity index (χ0n) is 11.5. The summed E-state index contributed by atoms with van der Waals surface area (Å²) in [4.78, 5) is 16.0. The number of benzene rings is 2. The lowest BCUT2D eigenvalue weighted by atomic mass is 10.1. The van der Waals surface area contributed by atoms with Crippen LogP contribution in [0.5, 0.6) is 0 Å². The highest BCUT2D eigenvalue weighted by Crippen LogP contribution is 2.27. The van der Waals surface area contributed by atoms with Crippen LogP contribution in [-0.4, -0.2) is 10.9 Å². The first-order valence-electron chi connectivity index (χ1n) is 6.51. The predicted octanol–water partition coefficient (Wildman–Crippen LogP) is 4.48. The van der Waals surface area contributed by atoms with Gasteiger partial charge in [-0.15, -0.1) is 11.3 Å². The van der Waals surface area contributed by atoms with Gasteiger partial charge in [-0.1, -0.05) is 6.07 Å². The van der Waals surface area contributed by atoms with Crippen molar-refractivity contribution in [1.82, 2.24) is 4.98 Å². The van der Waals surface area contributed by atoms with Crippen molar-refractivity contribution >= 4 is 22.4 Å². The van der Waals surface area contributed by atoms with E-state index in [-0.39, 0.29) is 22.0 Å². The molecular formula is C16H9F3N2OS. The highest BCUT2D eigenvalue weighted by atomic mass is 32.1. The van der Waals surface area contributed by atoms with Crippen LogP contribution in [0.4, 0.5) is 18.3 Å². The number of anilines is 1. The molecule has 23 heavy (non-hydrogen) atoms. The fourth-order valence-electron chi connectivity index (χ4n) is 1.95. The molecule has 3 aromatic rings. The summed E-state index contributed by atoms with van der Waals surface area (Å²) in [7, 11) is 0. The van der Waals surface area contributed by atoms with Gasteiger partial charge in [-0.25, -0.2) is 18.2 Å². The smallest absolute Gasteiger partial charge is 0.257 e. The summed E-state index contributed by atoms with van der Waals surface area (Å²) in [6.45, 7) is 0. The first kappa shape index (κ1) is 15.2. The van der Waals surface area contributed by atoms with Crippen molar-refractivity contribution in [2.75, 3.05) is 5.32 Å². The average molecular weight is 334 g/mol. The number of hydrogen-bond acceptors (Lipinski definition) is 3. The monoisotopic (exact) mass is 334 g/mol. The molecule has 7 heteroatoms. The highest BCUT2D eigenvalue weighted by Gasteiger charge is 2.13. The van der Waals surface area contributed by atoms with Crippen LogP contribution in [-0.2, 0) is 0 Å². The standard InChI is InChI=1S/C16H9F3N2OS/c17-10-3-1-2-9(6-10)15(22)21-16-20-14(8-23-16)12-7-11(18)4-5-13(12)19/h1-8H,(H,20,21,22). The van der Waals surface area contributed by atoms with Crippen molar-refractivity contribution in [3.63, 3.8) is 0 Å². The number of hydrogen-bond donors (Lipinski definition) is 1. The minimum absolute atomic E-state index is 0.00695. The second-order valence-corrected chi connectivity index (χ2v) is 5.48. The number of halogens is 3. The van der Waals surface area contributed by atoms with Gasteiger partial charge in [-0.2, -0.15) is 0 Å². The number of nitrogens with one attached hydrogen (secondary N) is 1. The molecule has 0 aliphatic rings. The van der Waals surface area contributed by atoms with E-state index in [1.807, 2.05) is 0 Å². The van der Waals surface area contributed by atoms with Crippen LogP contribution >= 0.6 is 11.3 Å². The van der Waals surface area contributed by atoms with E-state index in [0.29, 0.717) is 0 Å². The van der Waals surface area contributed by atoms with E-state index in [2.05, 4.69) is 10.3 Å². The van der Waals surface area contributed by atoms with Gasteiger partial charge < -0.3 is 0 Å². The summed E-state index contributed by atoms with van der Waals surface area (Å²) in [5, 5.41) is 4.20. The van der Waals surface area contributed by atoms with Crippen LogP contribution in [0, 0.1) is 17.5 Å². The third-order valence-electron chi connectivity index (χ3n) is 3.02. The number of carbonyl (C=O) groups excluding carboxylic acids is 1. The quantitative estimate of drug-likeness (QED) is 0.767. The molecule has 0 aliphatic heterocycles. The summed E-state index contributed by atoms with van der Waals surface area (Å²) in [5.74, 6) is -2.26. The molecule has 0 unspecified atom stereocenters. The molecule has 0 spiro atoms. The third-order valence-corrected chi connectivity index (χ3v) is 3.77. The zero-order valence-corrected chi connectivity index (χ0v) is 12.3. The van der Waals surface area contributed by atoms with Gasteiger partial charge in [0.2, 0.25) is 0 Å². The molecule has 0 atom stereocenters. The number of rotatable bonds is 3. The molecule has 0 aliphatic carbocycles. The van der Waals surface area contributed by atoms with Crippen LogP contribution in [0.1, 0.15) is 10.4 Å². The second-order valence-electron chi connectivity index (χ2n) is 4.63. The van der Waals surface area contributed by atoms with Gasteiger partial charge in [0.15, 0.2) is 5.13 Å². The Labute approximate surface area is 133 Å². The van der Waals surface area contributed by atoms with Gasteiger partial charge in [-0.05, 0) is 36.4 Å². The fraction of sp³-hybridized carbons (Fsp3) is 0. The Kier molecular flexibility index (Phi) is 4.12. The molecule has 3 nitrogen and oxygen atoms in total. The van der Waals surface area contributed by atoms with Crippen LogP contribution in [0.25, 0.3) is 11.3 Å². The van der Waals surface area contributed by atoms with E-state index in [1.54, 1.807) is 0 Å². The van der Waals surface area contributed by atoms with Gasteiger partial charge in [0.25, 0.3) is 5.91 Å². The Morgan fingerprint density at radius 1 is 1.04 bits per heavy atom. The topological polar surface area (TPSA) is 42.0 Å². The summed E-state index contributed by atoms with van der Waals surface area (Å²) in [6.07, 6.45) is 0. The Balaban J connectivity index is 1.82. The van der Waals surface area contributed by atoms with E-state index in [9.17, 15) is 18.0 Å². The molecule has 1 N–H and O–H groups in total. The molecular weight excluding hydrogens is 325 g/mol. The van der Waals surface area contributed by atoms with E-state index in [4.69, 9.17) is 0 Å². The molecule has 0 saturated carbocycles. The Bertz CT molecular complexity index is 879. The second kappa shape index (κ2) is 6.21. The minimum Gasteiger partial charge on any atom is -0.298 e. The number of thiazole rings is 1. The summed E-state index contributed by atoms with van der Waals surface area (Å²) in [5.41, 5.74) is 0.354. The molecule has 1 amide bonds. The minimum atomic E-state index is -0.611. The number of nitrogens with zero attached hydrogens (tertiary/aromatic N) is 1. The molecule has 0 fully saturated rings. The van der Waals surface area contributed by atoms with E-state index in [0.717, 1.165) is 35.6 Å². The van der Waals surface area contributed by atoms with Gasteiger partial charge in [0.05, 0.1) is 5.69 Å². The molecule has 2 aromatic carbocycles. The summed E-state index contributed by atoms with van der Waals surface area (Å²) < 4.78 is 40.0. The van der Waals surface area contributed by atoms with Crippen LogP contribution in [0.2, 0.25) is 0 Å². The van der Waals surface area contributed by atoms with E-state index < -0.39 is 23.4 Å². The number of carbonyl (C=O) groups is 1. The van der Waals surface area contributed by atoms with Gasteiger partial charge in [0.1, 0.15) is 17.5 Å². The lowest BCUT2D eigenvalue weighted by Crippen LogP contribution is -2.11. The van der Waals surface area contributed by atoms with Crippen LogP contribution < -0.4 is 5.32 Å². The number of aromatic nitrogens is 1. The van der Waals surface area contributed by atoms with Gasteiger partial charge in [-0.3, -0.25) is 10.1 Å². The maximum Gasteiger partial charge on any atom is 0.257 e. The number of amides is 1. The lowest BCUT2D eigenvalue weighted by Gasteiger charge is -2.02. The molecule has 0 bridgehead atoms. The molecule has 3 rings (SSSR count). The van der Waals surface area contributed by atoms with Gasteiger partial charge in [0, 0.05) is 16.5 Å². The van der Waals surface area contributed by atoms with Crippen LogP contribution in [0.3, 0.4) is 0 Å². The van der Waals surface area contributed by atoms with Crippen molar-refractivity contribution in [2.45, 2.75) is 0 Å². The highest BCUT2D eigenvalue weighted by molar-refractivity contribution is 7.14. The summed E-state index contributed by atoms with van der Waals surface area (Å²) >= 11 is 1.06. The van der Waals surface area contributed by atoms with Crippen molar-refractivity contribution in [1.29, 1.82) is 0 Å². The molecule has 0 saturated heterocycles. The van der Waals surface area contributed by atoms with Crippen molar-refractivity contribution in [2.24, 2.45) is 0 Å². The largest absolute Gasteiger partial charge is 0.298 e. The van der Waals surface area contributed by atoms with Crippen molar-refractivity contribution in [3.8, 4) is 11.3 Å². The normalized spacial score (nSPS) is 10.6. The summed E-state index contributed by atoms with van der Waals surface area (Å²) in [6, 6.07) is 8.25. The Morgan fingerprint density at radius 2 is 1.83 bits per heavy atom. The SMILES string of the molecule is O=C(Nc1nc(-c2cc(F)ccc2F)cs1)c1cccc(F)c1. The van der Waals surface area contributed by atoms with Crippen molar-refractivity contribution < 1.29 is 18.0 Å².